The van der Waals surface area contributed by atoms with Crippen molar-refractivity contribution >= 4 is 11.9 Å². The van der Waals surface area contributed by atoms with Crippen LogP contribution >= 0.6 is 0 Å². The zero-order valence-corrected chi connectivity index (χ0v) is 13.8. The Kier molecular flexibility index (Phi) is 4.17. The number of rotatable bonds is 5. The minimum Gasteiger partial charge on any atom is -0.480 e. The summed E-state index contributed by atoms with van der Waals surface area (Å²) in [6.45, 7) is 3.82. The highest BCUT2D eigenvalue weighted by atomic mass is 16.4. The first-order chi connectivity index (χ1) is 11.0. The van der Waals surface area contributed by atoms with E-state index in [0.29, 0.717) is 0 Å². The Bertz CT molecular complexity index is 627. The van der Waals surface area contributed by atoms with Gasteiger partial charge in [0.25, 0.3) is 0 Å². The van der Waals surface area contributed by atoms with Gasteiger partial charge in [-0.2, -0.15) is 0 Å². The van der Waals surface area contributed by atoms with E-state index in [9.17, 15) is 14.7 Å². The van der Waals surface area contributed by atoms with Gasteiger partial charge in [0.15, 0.2) is 0 Å². The van der Waals surface area contributed by atoms with Crippen LogP contribution in [-0.2, 0) is 21.4 Å². The summed E-state index contributed by atoms with van der Waals surface area (Å²) >= 11 is 0. The normalized spacial score (nSPS) is 27.8. The van der Waals surface area contributed by atoms with Crippen LogP contribution in [0.4, 0.5) is 0 Å². The molecule has 0 bridgehead atoms. The third-order valence-electron chi connectivity index (χ3n) is 5.79. The van der Waals surface area contributed by atoms with Crippen LogP contribution in [0.2, 0.25) is 0 Å². The van der Waals surface area contributed by atoms with Gasteiger partial charge < -0.3 is 10.4 Å². The molecule has 1 amide bonds. The number of nitrogens with one attached hydrogen (secondary N) is 1. The summed E-state index contributed by atoms with van der Waals surface area (Å²) in [5.41, 5.74) is 2.62. The molecule has 0 aliphatic heterocycles. The fraction of sp³-hybridized carbons (Fsp3) is 0.579. The summed E-state index contributed by atoms with van der Waals surface area (Å²) < 4.78 is 0. The molecule has 4 unspecified atom stereocenters. The molecule has 2 aliphatic rings. The number of hydrogen-bond donors (Lipinski definition) is 2. The lowest BCUT2D eigenvalue weighted by Gasteiger charge is -2.27. The fourth-order valence-corrected chi connectivity index (χ4v) is 4.11. The first kappa shape index (κ1) is 16.0. The topological polar surface area (TPSA) is 66.4 Å². The highest BCUT2D eigenvalue weighted by Gasteiger charge is 2.60. The minimum atomic E-state index is -0.938. The van der Waals surface area contributed by atoms with Crippen molar-refractivity contribution in [3.05, 3.63) is 35.4 Å². The van der Waals surface area contributed by atoms with Gasteiger partial charge in [0.2, 0.25) is 5.91 Å². The Morgan fingerprint density at radius 1 is 1.39 bits per heavy atom. The second kappa shape index (κ2) is 5.99. The van der Waals surface area contributed by atoms with Gasteiger partial charge in [-0.25, -0.2) is 4.79 Å². The predicted molar refractivity (Wildman–Crippen MR) is 88.2 cm³/mol. The molecule has 4 heteroatoms. The molecule has 1 saturated carbocycles. The number of hydrogen-bond acceptors (Lipinski definition) is 2. The van der Waals surface area contributed by atoms with Crippen molar-refractivity contribution in [3.63, 3.8) is 0 Å². The zero-order valence-electron chi connectivity index (χ0n) is 13.8. The molecule has 1 aromatic rings. The van der Waals surface area contributed by atoms with E-state index in [1.807, 2.05) is 19.9 Å². The van der Waals surface area contributed by atoms with Gasteiger partial charge in [-0.15, -0.1) is 0 Å². The maximum absolute atomic E-state index is 12.6. The summed E-state index contributed by atoms with van der Waals surface area (Å²) in [5, 5.41) is 12.2. The van der Waals surface area contributed by atoms with Gasteiger partial charge >= 0.3 is 5.97 Å². The minimum absolute atomic E-state index is 0.0442. The molecule has 1 aromatic carbocycles. The van der Waals surface area contributed by atoms with Crippen LogP contribution in [0.3, 0.4) is 0 Å². The number of aliphatic carboxylic acids is 1. The standard InChI is InChI=1S/C19H25NO3/c1-3-12(2)16(18(22)23)20-17(21)15-11-19(15)10-6-8-13-7-4-5-9-14(13)19/h4-5,7,9,12,15-16H,3,6,8,10-11H2,1-2H3,(H,20,21)(H,22,23). The van der Waals surface area contributed by atoms with E-state index in [2.05, 4.69) is 23.5 Å². The van der Waals surface area contributed by atoms with Crippen molar-refractivity contribution in [2.75, 3.05) is 0 Å². The van der Waals surface area contributed by atoms with Crippen LogP contribution in [0.15, 0.2) is 24.3 Å². The molecule has 23 heavy (non-hydrogen) atoms. The second-order valence-electron chi connectivity index (χ2n) is 7.13. The van der Waals surface area contributed by atoms with Gasteiger partial charge in [-0.05, 0) is 42.7 Å². The number of amides is 1. The highest BCUT2D eigenvalue weighted by Crippen LogP contribution is 2.60. The van der Waals surface area contributed by atoms with Crippen LogP contribution in [0, 0.1) is 11.8 Å². The highest BCUT2D eigenvalue weighted by molar-refractivity contribution is 5.88. The van der Waals surface area contributed by atoms with Crippen LogP contribution in [-0.4, -0.2) is 23.0 Å². The molecule has 4 atom stereocenters. The molecule has 0 saturated heterocycles. The Morgan fingerprint density at radius 2 is 2.13 bits per heavy atom. The van der Waals surface area contributed by atoms with Crippen molar-refractivity contribution < 1.29 is 14.7 Å². The van der Waals surface area contributed by atoms with E-state index in [-0.39, 0.29) is 23.2 Å². The summed E-state index contributed by atoms with van der Waals surface area (Å²) in [7, 11) is 0. The molecule has 4 nitrogen and oxygen atoms in total. The molecule has 0 aromatic heterocycles. The number of benzene rings is 1. The predicted octanol–water partition coefficient (Wildman–Crippen LogP) is 2.90. The van der Waals surface area contributed by atoms with Crippen LogP contribution in [0.5, 0.6) is 0 Å². The number of carbonyl (C=O) groups excluding carboxylic acids is 1. The monoisotopic (exact) mass is 315 g/mol. The largest absolute Gasteiger partial charge is 0.480 e. The maximum Gasteiger partial charge on any atom is 0.326 e. The second-order valence-corrected chi connectivity index (χ2v) is 7.13. The van der Waals surface area contributed by atoms with Gasteiger partial charge in [-0.3, -0.25) is 4.79 Å². The first-order valence-corrected chi connectivity index (χ1v) is 8.61. The lowest BCUT2D eigenvalue weighted by Crippen LogP contribution is -2.46. The summed E-state index contributed by atoms with van der Waals surface area (Å²) in [6, 6.07) is 7.61. The van der Waals surface area contributed by atoms with Gasteiger partial charge in [-0.1, -0.05) is 44.5 Å². The lowest BCUT2D eigenvalue weighted by atomic mass is 9.78. The number of carboxylic acid groups (broad SMARTS) is 1. The van der Waals surface area contributed by atoms with Crippen LogP contribution in [0.1, 0.15) is 50.7 Å². The van der Waals surface area contributed by atoms with Gasteiger partial charge in [0.05, 0.1) is 0 Å². The Hall–Kier alpha value is -1.84. The zero-order chi connectivity index (χ0) is 16.6. The molecular weight excluding hydrogens is 290 g/mol. The Morgan fingerprint density at radius 3 is 2.83 bits per heavy atom. The molecule has 124 valence electrons. The van der Waals surface area contributed by atoms with Crippen molar-refractivity contribution in [2.24, 2.45) is 11.8 Å². The number of fused-ring (bicyclic) bond motifs is 2. The average Bonchev–Trinajstić information content (AvgIpc) is 3.27. The van der Waals surface area contributed by atoms with Crippen molar-refractivity contribution in [1.82, 2.24) is 5.32 Å². The third-order valence-corrected chi connectivity index (χ3v) is 5.79. The SMILES string of the molecule is CCC(C)C(NC(=O)C1CC12CCCc1ccccc12)C(=O)O. The molecular formula is C19H25NO3. The average molecular weight is 315 g/mol. The number of aryl methyl sites for hydroxylation is 1. The molecule has 3 rings (SSSR count). The Labute approximate surface area is 137 Å². The van der Waals surface area contributed by atoms with Gasteiger partial charge in [0.1, 0.15) is 6.04 Å². The molecule has 2 N–H and O–H groups in total. The molecule has 2 aliphatic carbocycles. The molecule has 0 radical (unpaired) electrons. The smallest absolute Gasteiger partial charge is 0.326 e. The summed E-state index contributed by atoms with van der Waals surface area (Å²) in [4.78, 5) is 24.1. The van der Waals surface area contributed by atoms with E-state index in [1.54, 1.807) is 0 Å². The maximum atomic E-state index is 12.6. The van der Waals surface area contributed by atoms with Gasteiger partial charge in [0, 0.05) is 11.3 Å². The molecule has 1 spiro atoms. The van der Waals surface area contributed by atoms with E-state index in [4.69, 9.17) is 0 Å². The van der Waals surface area contributed by atoms with E-state index in [1.165, 1.54) is 11.1 Å². The van der Waals surface area contributed by atoms with Crippen LogP contribution in [0.25, 0.3) is 0 Å². The van der Waals surface area contributed by atoms with Crippen molar-refractivity contribution in [2.45, 2.75) is 57.4 Å². The van der Waals surface area contributed by atoms with E-state index >= 15 is 0 Å². The summed E-state index contributed by atoms with van der Waals surface area (Å²) in [5.74, 6) is -1.17. The third kappa shape index (κ3) is 2.75. The lowest BCUT2D eigenvalue weighted by molar-refractivity contribution is -0.143. The molecule has 1 fully saturated rings. The molecule has 0 heterocycles. The van der Waals surface area contributed by atoms with E-state index in [0.717, 1.165) is 32.1 Å². The van der Waals surface area contributed by atoms with E-state index < -0.39 is 12.0 Å². The summed E-state index contributed by atoms with van der Waals surface area (Å²) in [6.07, 6.45) is 4.80. The quantitative estimate of drug-likeness (QED) is 0.878. The Balaban J connectivity index is 1.76. The number of carbonyl (C=O) groups is 2. The van der Waals surface area contributed by atoms with Crippen molar-refractivity contribution in [1.29, 1.82) is 0 Å². The van der Waals surface area contributed by atoms with Crippen molar-refractivity contribution in [3.8, 4) is 0 Å². The first-order valence-electron chi connectivity index (χ1n) is 8.61. The van der Waals surface area contributed by atoms with Crippen LogP contribution < -0.4 is 5.32 Å². The fourth-order valence-electron chi connectivity index (χ4n) is 4.11. The number of carboxylic acids is 1.